The van der Waals surface area contributed by atoms with Crippen molar-refractivity contribution in [2.45, 2.75) is 39.3 Å². The maximum Gasteiger partial charge on any atom is 0.244 e. The molecule has 162 valence electrons. The number of carbonyl (C=O) groups is 2. The van der Waals surface area contributed by atoms with E-state index in [0.29, 0.717) is 11.3 Å². The smallest absolute Gasteiger partial charge is 0.244 e. The van der Waals surface area contributed by atoms with Crippen LogP contribution in [0, 0.1) is 17.5 Å². The molecule has 2 aromatic carbocycles. The number of nitrogens with zero attached hydrogens (tertiary/aromatic N) is 1. The molecular formula is C22H26F3N3O2. The van der Waals surface area contributed by atoms with E-state index >= 15 is 0 Å². The molecule has 0 spiro atoms. The van der Waals surface area contributed by atoms with Gasteiger partial charge >= 0.3 is 0 Å². The zero-order valence-corrected chi connectivity index (χ0v) is 17.4. The van der Waals surface area contributed by atoms with Crippen LogP contribution in [0.2, 0.25) is 0 Å². The second-order valence-corrected chi connectivity index (χ2v) is 7.98. The van der Waals surface area contributed by atoms with Crippen molar-refractivity contribution in [3.8, 4) is 0 Å². The van der Waals surface area contributed by atoms with Gasteiger partial charge in [-0.25, -0.2) is 13.2 Å². The zero-order chi connectivity index (χ0) is 22.5. The van der Waals surface area contributed by atoms with E-state index in [1.54, 1.807) is 27.7 Å². The summed E-state index contributed by atoms with van der Waals surface area (Å²) in [5.74, 6) is -3.06. The first kappa shape index (κ1) is 23.4. The fourth-order valence-corrected chi connectivity index (χ4v) is 2.81. The van der Waals surface area contributed by atoms with Gasteiger partial charge in [0.25, 0.3) is 0 Å². The summed E-state index contributed by atoms with van der Waals surface area (Å²) in [6.07, 6.45) is 0. The average Bonchev–Trinajstić information content (AvgIpc) is 2.67. The Balaban J connectivity index is 1.99. The minimum atomic E-state index is -0.957. The van der Waals surface area contributed by atoms with E-state index in [-0.39, 0.29) is 19.0 Å². The Hall–Kier alpha value is -2.87. The lowest BCUT2D eigenvalue weighted by atomic mass is 10.1. The third kappa shape index (κ3) is 6.59. The Bertz CT molecular complexity index is 895. The van der Waals surface area contributed by atoms with Crippen LogP contribution in [0.5, 0.6) is 0 Å². The van der Waals surface area contributed by atoms with Crippen LogP contribution in [0.1, 0.15) is 39.3 Å². The van der Waals surface area contributed by atoms with E-state index in [1.807, 2.05) is 0 Å². The number of amides is 2. The van der Waals surface area contributed by atoms with Gasteiger partial charge in [0, 0.05) is 17.3 Å². The highest BCUT2D eigenvalue weighted by Crippen LogP contribution is 2.17. The Kier molecular flexibility index (Phi) is 7.61. The largest absolute Gasteiger partial charge is 0.327 e. The van der Waals surface area contributed by atoms with Gasteiger partial charge in [0.2, 0.25) is 11.8 Å². The van der Waals surface area contributed by atoms with Crippen molar-refractivity contribution in [3.63, 3.8) is 0 Å². The molecule has 0 aliphatic carbocycles. The van der Waals surface area contributed by atoms with Gasteiger partial charge in [0.1, 0.15) is 12.4 Å². The van der Waals surface area contributed by atoms with Crippen LogP contribution < -0.4 is 10.6 Å². The van der Waals surface area contributed by atoms with Crippen molar-refractivity contribution in [2.75, 3.05) is 18.4 Å². The molecular weight excluding hydrogens is 395 g/mol. The Labute approximate surface area is 174 Å². The summed E-state index contributed by atoms with van der Waals surface area (Å²) in [4.78, 5) is 26.6. The molecule has 2 amide bonds. The highest BCUT2D eigenvalue weighted by atomic mass is 19.2. The molecule has 0 bridgehead atoms. The lowest BCUT2D eigenvalue weighted by molar-refractivity contribution is -0.138. The van der Waals surface area contributed by atoms with Crippen LogP contribution in [0.3, 0.4) is 0 Å². The summed E-state index contributed by atoms with van der Waals surface area (Å²) >= 11 is 0. The molecule has 5 nitrogen and oxygen atoms in total. The molecule has 2 aromatic rings. The van der Waals surface area contributed by atoms with Gasteiger partial charge in [0.05, 0.1) is 6.54 Å². The molecule has 0 heterocycles. The lowest BCUT2D eigenvalue weighted by Gasteiger charge is -2.35. The third-order valence-corrected chi connectivity index (χ3v) is 4.54. The van der Waals surface area contributed by atoms with E-state index < -0.39 is 34.9 Å². The van der Waals surface area contributed by atoms with Gasteiger partial charge in [-0.3, -0.25) is 9.59 Å². The van der Waals surface area contributed by atoms with Crippen LogP contribution >= 0.6 is 0 Å². The summed E-state index contributed by atoms with van der Waals surface area (Å²) in [6, 6.07) is 8.47. The van der Waals surface area contributed by atoms with E-state index in [0.717, 1.165) is 12.1 Å². The van der Waals surface area contributed by atoms with Gasteiger partial charge in [-0.1, -0.05) is 6.07 Å². The van der Waals surface area contributed by atoms with Crippen LogP contribution in [0.25, 0.3) is 0 Å². The SMILES string of the molecule is C[C@H](NCC(=O)N(CC(=O)Nc1ccc(F)cc1)C(C)(C)C)c1ccc(F)c(F)c1. The number of hydrogen-bond acceptors (Lipinski definition) is 3. The van der Waals surface area contributed by atoms with Gasteiger partial charge in [-0.2, -0.15) is 0 Å². The van der Waals surface area contributed by atoms with Crippen molar-refractivity contribution < 1.29 is 22.8 Å². The first-order chi connectivity index (χ1) is 14.0. The Morgan fingerprint density at radius 2 is 1.63 bits per heavy atom. The summed E-state index contributed by atoms with van der Waals surface area (Å²) in [5.41, 5.74) is 0.287. The first-order valence-corrected chi connectivity index (χ1v) is 9.51. The maximum atomic E-state index is 13.4. The fraction of sp³-hybridized carbons (Fsp3) is 0.364. The summed E-state index contributed by atoms with van der Waals surface area (Å²) in [6.45, 7) is 6.84. The third-order valence-electron chi connectivity index (χ3n) is 4.54. The summed E-state index contributed by atoms with van der Waals surface area (Å²) in [5, 5.41) is 5.61. The fourth-order valence-electron chi connectivity index (χ4n) is 2.81. The number of halogens is 3. The molecule has 0 aromatic heterocycles. The van der Waals surface area contributed by atoms with Crippen LogP contribution in [0.15, 0.2) is 42.5 Å². The lowest BCUT2D eigenvalue weighted by Crippen LogP contribution is -2.52. The number of carbonyl (C=O) groups excluding carboxylic acids is 2. The number of benzene rings is 2. The highest BCUT2D eigenvalue weighted by Gasteiger charge is 2.28. The monoisotopic (exact) mass is 421 g/mol. The van der Waals surface area contributed by atoms with Crippen molar-refractivity contribution >= 4 is 17.5 Å². The van der Waals surface area contributed by atoms with Crippen molar-refractivity contribution in [1.29, 1.82) is 0 Å². The molecule has 0 radical (unpaired) electrons. The van der Waals surface area contributed by atoms with Crippen molar-refractivity contribution in [2.24, 2.45) is 0 Å². The standard InChI is InChI=1S/C22H26F3N3O2/c1-14(15-5-10-18(24)19(25)11-15)26-12-21(30)28(22(2,3)4)13-20(29)27-17-8-6-16(23)7-9-17/h5-11,14,26H,12-13H2,1-4H3,(H,27,29)/t14-/m0/s1. The van der Waals surface area contributed by atoms with Crippen molar-refractivity contribution in [1.82, 2.24) is 10.2 Å². The molecule has 0 saturated carbocycles. The van der Waals surface area contributed by atoms with Crippen molar-refractivity contribution in [3.05, 3.63) is 65.5 Å². The quantitative estimate of drug-likeness (QED) is 0.710. The normalized spacial score (nSPS) is 12.4. The molecule has 0 saturated heterocycles. The molecule has 0 aliphatic heterocycles. The predicted octanol–water partition coefficient (Wildman–Crippen LogP) is 4.02. The number of anilines is 1. The number of nitrogens with one attached hydrogen (secondary N) is 2. The minimum Gasteiger partial charge on any atom is -0.327 e. The van der Waals surface area contributed by atoms with Crippen LogP contribution in [-0.2, 0) is 9.59 Å². The van der Waals surface area contributed by atoms with Gasteiger partial charge in [-0.05, 0) is 69.7 Å². The van der Waals surface area contributed by atoms with E-state index in [2.05, 4.69) is 10.6 Å². The topological polar surface area (TPSA) is 61.4 Å². The number of hydrogen-bond donors (Lipinski definition) is 2. The number of rotatable bonds is 7. The summed E-state index contributed by atoms with van der Waals surface area (Å²) < 4.78 is 39.5. The van der Waals surface area contributed by atoms with Gasteiger partial charge in [-0.15, -0.1) is 0 Å². The molecule has 1 atom stereocenters. The Morgan fingerprint density at radius 1 is 1.00 bits per heavy atom. The summed E-state index contributed by atoms with van der Waals surface area (Å²) in [7, 11) is 0. The maximum absolute atomic E-state index is 13.4. The molecule has 2 N–H and O–H groups in total. The Morgan fingerprint density at radius 3 is 2.20 bits per heavy atom. The minimum absolute atomic E-state index is 0.0960. The molecule has 8 heteroatoms. The average molecular weight is 421 g/mol. The molecule has 0 unspecified atom stereocenters. The van der Waals surface area contributed by atoms with Crippen LogP contribution in [0.4, 0.5) is 18.9 Å². The zero-order valence-electron chi connectivity index (χ0n) is 17.4. The van der Waals surface area contributed by atoms with Gasteiger partial charge < -0.3 is 15.5 Å². The van der Waals surface area contributed by atoms with E-state index in [4.69, 9.17) is 0 Å². The second-order valence-electron chi connectivity index (χ2n) is 7.98. The molecule has 2 rings (SSSR count). The predicted molar refractivity (Wildman–Crippen MR) is 109 cm³/mol. The first-order valence-electron chi connectivity index (χ1n) is 9.51. The highest BCUT2D eigenvalue weighted by molar-refractivity contribution is 5.95. The molecule has 0 aliphatic rings. The van der Waals surface area contributed by atoms with Crippen LogP contribution in [-0.4, -0.2) is 35.3 Å². The second kappa shape index (κ2) is 9.75. The molecule has 30 heavy (non-hydrogen) atoms. The van der Waals surface area contributed by atoms with E-state index in [9.17, 15) is 22.8 Å². The van der Waals surface area contributed by atoms with E-state index in [1.165, 1.54) is 35.2 Å². The van der Waals surface area contributed by atoms with Gasteiger partial charge in [0.15, 0.2) is 11.6 Å². The molecule has 0 fully saturated rings.